The van der Waals surface area contributed by atoms with Gasteiger partial charge in [-0.3, -0.25) is 14.5 Å². The number of benzene rings is 2. The summed E-state index contributed by atoms with van der Waals surface area (Å²) < 4.78 is 0. The van der Waals surface area contributed by atoms with Crippen LogP contribution in [0.25, 0.3) is 0 Å². The Morgan fingerprint density at radius 1 is 0.903 bits per heavy atom. The highest BCUT2D eigenvalue weighted by molar-refractivity contribution is 7.80. The molecule has 0 aromatic heterocycles. The van der Waals surface area contributed by atoms with Crippen molar-refractivity contribution in [2.24, 2.45) is 0 Å². The zero-order chi connectivity index (χ0) is 22.2. The number of hydrogen-bond acceptors (Lipinski definition) is 4. The molecule has 2 amide bonds. The molecule has 31 heavy (non-hydrogen) atoms. The highest BCUT2D eigenvalue weighted by Gasteiger charge is 2.15. The summed E-state index contributed by atoms with van der Waals surface area (Å²) in [6.07, 6.45) is 3.51. The summed E-state index contributed by atoms with van der Waals surface area (Å²) >= 11 is 11.7. The number of likely N-dealkylation sites (tertiary alicyclic amines) is 1. The lowest BCUT2D eigenvalue weighted by atomic mass is 10.1. The second-order valence-corrected chi connectivity index (χ2v) is 8.23. The first-order valence-electron chi connectivity index (χ1n) is 10.2. The Kier molecular flexibility index (Phi) is 8.22. The molecule has 4 N–H and O–H groups in total. The summed E-state index contributed by atoms with van der Waals surface area (Å²) in [7, 11) is 0. The summed E-state index contributed by atoms with van der Waals surface area (Å²) in [6, 6.07) is 12.5. The lowest BCUT2D eigenvalue weighted by Crippen LogP contribution is -2.36. The molecule has 3 rings (SSSR count). The predicted molar refractivity (Wildman–Crippen MR) is 131 cm³/mol. The van der Waals surface area contributed by atoms with Crippen LogP contribution >= 0.6 is 23.8 Å². The number of rotatable bonds is 6. The third-order valence-electron chi connectivity index (χ3n) is 4.78. The fraction of sp³-hybridized carbons (Fsp3) is 0.318. The molecule has 2 aromatic rings. The number of thiocarbonyl (C=S) groups is 1. The molecule has 1 saturated heterocycles. The molecule has 164 valence electrons. The van der Waals surface area contributed by atoms with Crippen molar-refractivity contribution < 1.29 is 9.59 Å². The summed E-state index contributed by atoms with van der Waals surface area (Å²) in [5, 5.41) is 12.6. The van der Waals surface area contributed by atoms with E-state index in [9.17, 15) is 9.59 Å². The molecule has 0 unspecified atom stereocenters. The number of anilines is 4. The van der Waals surface area contributed by atoms with Crippen molar-refractivity contribution in [3.8, 4) is 0 Å². The summed E-state index contributed by atoms with van der Waals surface area (Å²) in [4.78, 5) is 25.5. The minimum atomic E-state index is -0.124. The molecular formula is C22H26ClN5O2S. The normalized spacial score (nSPS) is 13.9. The van der Waals surface area contributed by atoms with E-state index in [0.717, 1.165) is 31.6 Å². The number of piperidine rings is 1. The largest absolute Gasteiger partial charge is 0.332 e. The number of halogens is 1. The maximum atomic E-state index is 12.3. The Bertz CT molecular complexity index is 945. The van der Waals surface area contributed by atoms with Gasteiger partial charge in [-0.25, -0.2) is 0 Å². The van der Waals surface area contributed by atoms with Crippen molar-refractivity contribution >= 4 is 63.5 Å². The Hall–Kier alpha value is -2.68. The highest BCUT2D eigenvalue weighted by atomic mass is 35.5. The average Bonchev–Trinajstić information content (AvgIpc) is 2.72. The van der Waals surface area contributed by atoms with Crippen molar-refractivity contribution in [2.45, 2.75) is 26.2 Å². The second kappa shape index (κ2) is 11.1. The third kappa shape index (κ3) is 7.50. The molecule has 1 fully saturated rings. The van der Waals surface area contributed by atoms with Crippen molar-refractivity contribution in [1.29, 1.82) is 0 Å². The quantitative estimate of drug-likeness (QED) is 0.475. The Morgan fingerprint density at radius 3 is 2.10 bits per heavy atom. The predicted octanol–water partition coefficient (Wildman–Crippen LogP) is 4.53. The fourth-order valence-electron chi connectivity index (χ4n) is 3.34. The van der Waals surface area contributed by atoms with Crippen LogP contribution in [0.4, 0.5) is 22.7 Å². The maximum absolute atomic E-state index is 12.3. The van der Waals surface area contributed by atoms with E-state index in [1.807, 2.05) is 12.1 Å². The number of carbonyl (C=O) groups excluding carboxylic acids is 2. The molecule has 0 saturated carbocycles. The molecule has 0 bridgehead atoms. The van der Waals surface area contributed by atoms with Crippen LogP contribution < -0.4 is 21.3 Å². The standard InChI is InChI=1S/C22H26ClN5O2S/c1-15(29)24-16-5-7-17(8-6-16)25-22(31)26-18-9-10-20(19(23)13-18)27-21(30)14-28-11-3-2-4-12-28/h5-10,13H,2-4,11-12,14H2,1H3,(H,24,29)(H,27,30)(H2,25,26,31). The Balaban J connectivity index is 1.51. The van der Waals surface area contributed by atoms with Gasteiger partial charge in [0.15, 0.2) is 5.11 Å². The van der Waals surface area contributed by atoms with Crippen molar-refractivity contribution in [3.05, 3.63) is 47.5 Å². The van der Waals surface area contributed by atoms with E-state index in [2.05, 4.69) is 26.2 Å². The van der Waals surface area contributed by atoms with E-state index in [1.54, 1.807) is 30.3 Å². The van der Waals surface area contributed by atoms with Gasteiger partial charge in [-0.1, -0.05) is 18.0 Å². The van der Waals surface area contributed by atoms with E-state index in [1.165, 1.54) is 13.3 Å². The van der Waals surface area contributed by atoms with Gasteiger partial charge in [0.1, 0.15) is 0 Å². The van der Waals surface area contributed by atoms with E-state index in [-0.39, 0.29) is 11.8 Å². The third-order valence-corrected chi connectivity index (χ3v) is 5.30. The van der Waals surface area contributed by atoms with Crippen LogP contribution in [0.15, 0.2) is 42.5 Å². The summed E-state index contributed by atoms with van der Waals surface area (Å²) in [6.45, 7) is 3.77. The SMILES string of the molecule is CC(=O)Nc1ccc(NC(=S)Nc2ccc(NC(=O)CN3CCCCC3)c(Cl)c2)cc1. The second-order valence-electron chi connectivity index (χ2n) is 7.42. The maximum Gasteiger partial charge on any atom is 0.238 e. The highest BCUT2D eigenvalue weighted by Crippen LogP contribution is 2.26. The van der Waals surface area contributed by atoms with Gasteiger partial charge in [0.25, 0.3) is 0 Å². The molecule has 0 aliphatic carbocycles. The van der Waals surface area contributed by atoms with Crippen LogP contribution in [-0.2, 0) is 9.59 Å². The van der Waals surface area contributed by atoms with Gasteiger partial charge in [-0.05, 0) is 80.6 Å². The fourth-order valence-corrected chi connectivity index (χ4v) is 3.80. The lowest BCUT2D eigenvalue weighted by molar-refractivity contribution is -0.117. The number of nitrogens with one attached hydrogen (secondary N) is 4. The van der Waals surface area contributed by atoms with Crippen LogP contribution in [0.5, 0.6) is 0 Å². The van der Waals surface area contributed by atoms with Crippen molar-refractivity contribution in [3.63, 3.8) is 0 Å². The van der Waals surface area contributed by atoms with E-state index in [0.29, 0.717) is 33.7 Å². The van der Waals surface area contributed by atoms with Crippen molar-refractivity contribution in [1.82, 2.24) is 4.90 Å². The van der Waals surface area contributed by atoms with E-state index < -0.39 is 0 Å². The number of hydrogen-bond donors (Lipinski definition) is 4. The molecule has 0 radical (unpaired) electrons. The Morgan fingerprint density at radius 2 is 1.48 bits per heavy atom. The van der Waals surface area contributed by atoms with Crippen LogP contribution in [0.3, 0.4) is 0 Å². The topological polar surface area (TPSA) is 85.5 Å². The average molecular weight is 460 g/mol. The monoisotopic (exact) mass is 459 g/mol. The van der Waals surface area contributed by atoms with Gasteiger partial charge in [-0.15, -0.1) is 0 Å². The lowest BCUT2D eigenvalue weighted by Gasteiger charge is -2.25. The number of nitrogens with zero attached hydrogens (tertiary/aromatic N) is 1. The smallest absolute Gasteiger partial charge is 0.238 e. The molecule has 1 aliphatic heterocycles. The summed E-state index contributed by atoms with van der Waals surface area (Å²) in [5.41, 5.74) is 2.76. The molecule has 1 heterocycles. The first kappa shape index (κ1) is 23.0. The molecule has 1 aliphatic rings. The molecule has 2 aromatic carbocycles. The van der Waals surface area contributed by atoms with Gasteiger partial charge in [-0.2, -0.15) is 0 Å². The zero-order valence-electron chi connectivity index (χ0n) is 17.3. The molecular weight excluding hydrogens is 434 g/mol. The zero-order valence-corrected chi connectivity index (χ0v) is 18.9. The van der Waals surface area contributed by atoms with Crippen LogP contribution in [0.1, 0.15) is 26.2 Å². The van der Waals surface area contributed by atoms with Gasteiger partial charge >= 0.3 is 0 Å². The number of carbonyl (C=O) groups is 2. The molecule has 0 atom stereocenters. The molecule has 9 heteroatoms. The van der Waals surface area contributed by atoms with Crippen LogP contribution in [-0.4, -0.2) is 41.5 Å². The van der Waals surface area contributed by atoms with Crippen molar-refractivity contribution in [2.75, 3.05) is 40.9 Å². The first-order chi connectivity index (χ1) is 14.9. The minimum absolute atomic E-state index is 0.0654. The van der Waals surface area contributed by atoms with Gasteiger partial charge in [0.05, 0.1) is 17.3 Å². The van der Waals surface area contributed by atoms with Crippen LogP contribution in [0.2, 0.25) is 5.02 Å². The minimum Gasteiger partial charge on any atom is -0.332 e. The number of amides is 2. The summed E-state index contributed by atoms with van der Waals surface area (Å²) in [5.74, 6) is -0.190. The van der Waals surface area contributed by atoms with E-state index >= 15 is 0 Å². The molecule has 0 spiro atoms. The first-order valence-corrected chi connectivity index (χ1v) is 10.9. The van der Waals surface area contributed by atoms with Gasteiger partial charge in [0, 0.05) is 24.0 Å². The van der Waals surface area contributed by atoms with Crippen LogP contribution in [0, 0.1) is 0 Å². The van der Waals surface area contributed by atoms with Gasteiger partial charge < -0.3 is 21.3 Å². The van der Waals surface area contributed by atoms with E-state index in [4.69, 9.17) is 23.8 Å². The molecule has 7 nitrogen and oxygen atoms in total. The van der Waals surface area contributed by atoms with Gasteiger partial charge in [0.2, 0.25) is 11.8 Å². The Labute approximate surface area is 192 Å².